The summed E-state index contributed by atoms with van der Waals surface area (Å²) < 4.78 is 34.1. The van der Waals surface area contributed by atoms with Gasteiger partial charge < -0.3 is 15.0 Å². The topological polar surface area (TPSA) is 96.0 Å². The fourth-order valence-corrected chi connectivity index (χ4v) is 6.00. The molecule has 0 bridgehead atoms. The molecule has 0 aromatic heterocycles. The first-order chi connectivity index (χ1) is 19.5. The van der Waals surface area contributed by atoms with E-state index in [2.05, 4.69) is 5.32 Å². The average molecular weight is 621 g/mol. The molecular weight excluding hydrogens is 585 g/mol. The third kappa shape index (κ3) is 8.15. The van der Waals surface area contributed by atoms with Crippen LogP contribution in [0, 0.1) is 6.92 Å². The first-order valence-corrected chi connectivity index (χ1v) is 15.4. The summed E-state index contributed by atoms with van der Waals surface area (Å²) in [6, 6.07) is 17.1. The Morgan fingerprint density at radius 3 is 2.37 bits per heavy atom. The maximum atomic E-state index is 14.0. The van der Waals surface area contributed by atoms with Crippen molar-refractivity contribution in [2.45, 2.75) is 51.1 Å². The molecule has 1 atom stereocenters. The maximum absolute atomic E-state index is 14.0. The summed E-state index contributed by atoms with van der Waals surface area (Å²) in [6.45, 7) is 5.36. The maximum Gasteiger partial charge on any atom is 0.264 e. The quantitative estimate of drug-likeness (QED) is 0.243. The fraction of sp³-hybridized carbons (Fsp3) is 0.333. The van der Waals surface area contributed by atoms with Crippen molar-refractivity contribution in [1.29, 1.82) is 0 Å². The lowest BCUT2D eigenvalue weighted by Gasteiger charge is -2.32. The molecule has 0 aliphatic heterocycles. The molecule has 0 fully saturated rings. The van der Waals surface area contributed by atoms with Crippen LogP contribution in [0.2, 0.25) is 10.0 Å². The number of hydrogen-bond donors (Lipinski definition) is 1. The number of benzene rings is 3. The number of methoxy groups -OCH3 is 1. The molecule has 1 unspecified atom stereocenters. The monoisotopic (exact) mass is 619 g/mol. The predicted octanol–water partition coefficient (Wildman–Crippen LogP) is 5.84. The van der Waals surface area contributed by atoms with E-state index in [1.807, 2.05) is 13.8 Å². The van der Waals surface area contributed by atoms with Crippen molar-refractivity contribution >= 4 is 50.7 Å². The number of halogens is 2. The minimum absolute atomic E-state index is 0.0117. The number of ether oxygens (including phenoxy) is 1. The summed E-state index contributed by atoms with van der Waals surface area (Å²) in [4.78, 5) is 28.4. The number of hydrogen-bond acceptors (Lipinski definition) is 5. The van der Waals surface area contributed by atoms with E-state index in [1.165, 1.54) is 36.3 Å². The third-order valence-electron chi connectivity index (χ3n) is 6.57. The van der Waals surface area contributed by atoms with Crippen molar-refractivity contribution in [3.63, 3.8) is 0 Å². The van der Waals surface area contributed by atoms with Gasteiger partial charge in [0.15, 0.2) is 0 Å². The van der Waals surface area contributed by atoms with Gasteiger partial charge in [-0.25, -0.2) is 8.42 Å². The summed E-state index contributed by atoms with van der Waals surface area (Å²) in [6.07, 6.45) is 1.69. The molecule has 8 nitrogen and oxygen atoms in total. The molecule has 0 aliphatic rings. The molecule has 0 saturated heterocycles. The van der Waals surface area contributed by atoms with Gasteiger partial charge in [0.2, 0.25) is 11.8 Å². The highest BCUT2D eigenvalue weighted by Gasteiger charge is 2.33. The summed E-state index contributed by atoms with van der Waals surface area (Å²) >= 11 is 12.7. The van der Waals surface area contributed by atoms with Gasteiger partial charge in [-0.1, -0.05) is 72.4 Å². The molecule has 1 N–H and O–H groups in total. The number of rotatable bonds is 13. The van der Waals surface area contributed by atoms with E-state index in [1.54, 1.807) is 49.4 Å². The molecule has 0 radical (unpaired) electrons. The van der Waals surface area contributed by atoms with Crippen LogP contribution in [0.1, 0.15) is 37.8 Å². The molecule has 0 spiro atoms. The lowest BCUT2D eigenvalue weighted by Crippen LogP contribution is -2.51. The number of nitrogens with zero attached hydrogens (tertiary/aromatic N) is 2. The van der Waals surface area contributed by atoms with Crippen molar-refractivity contribution in [3.05, 3.63) is 87.9 Å². The van der Waals surface area contributed by atoms with Crippen LogP contribution in [0.15, 0.2) is 71.6 Å². The number of sulfonamides is 1. The van der Waals surface area contributed by atoms with Gasteiger partial charge in [0.05, 0.1) is 27.7 Å². The van der Waals surface area contributed by atoms with Crippen molar-refractivity contribution in [2.24, 2.45) is 0 Å². The van der Waals surface area contributed by atoms with Crippen LogP contribution in [0.4, 0.5) is 5.69 Å². The molecule has 11 heteroatoms. The largest absolute Gasteiger partial charge is 0.497 e. The van der Waals surface area contributed by atoms with Crippen LogP contribution >= 0.6 is 23.2 Å². The Bertz CT molecular complexity index is 1470. The summed E-state index contributed by atoms with van der Waals surface area (Å²) in [5.41, 5.74) is 1.63. The molecular formula is C30H35Cl2N3O5S. The van der Waals surface area contributed by atoms with Crippen molar-refractivity contribution in [1.82, 2.24) is 10.2 Å². The Balaban J connectivity index is 2.05. The highest BCUT2D eigenvalue weighted by atomic mass is 35.5. The number of nitrogens with one attached hydrogen (secondary N) is 1. The second-order valence-electron chi connectivity index (χ2n) is 9.59. The van der Waals surface area contributed by atoms with E-state index in [0.29, 0.717) is 17.9 Å². The summed E-state index contributed by atoms with van der Waals surface area (Å²) in [7, 11) is -2.73. The molecule has 3 aromatic carbocycles. The van der Waals surface area contributed by atoms with E-state index in [9.17, 15) is 18.0 Å². The second kappa shape index (κ2) is 14.6. The van der Waals surface area contributed by atoms with Crippen LogP contribution in [0.25, 0.3) is 0 Å². The minimum atomic E-state index is -4.26. The average Bonchev–Trinajstić information content (AvgIpc) is 2.96. The van der Waals surface area contributed by atoms with Gasteiger partial charge >= 0.3 is 0 Å². The van der Waals surface area contributed by atoms with Crippen LogP contribution in [-0.2, 0) is 26.2 Å². The molecule has 41 heavy (non-hydrogen) atoms. The number of anilines is 1. The normalized spacial score (nSPS) is 12.0. The highest BCUT2D eigenvalue weighted by molar-refractivity contribution is 7.92. The zero-order valence-corrected chi connectivity index (χ0v) is 25.9. The minimum Gasteiger partial charge on any atom is -0.497 e. The van der Waals surface area contributed by atoms with Gasteiger partial charge in [-0.15, -0.1) is 0 Å². The molecule has 2 amide bonds. The third-order valence-corrected chi connectivity index (χ3v) is 9.15. The van der Waals surface area contributed by atoms with E-state index < -0.39 is 28.5 Å². The van der Waals surface area contributed by atoms with E-state index in [0.717, 1.165) is 22.7 Å². The Hall–Kier alpha value is -3.27. The van der Waals surface area contributed by atoms with E-state index in [-0.39, 0.29) is 33.1 Å². The molecule has 3 aromatic rings. The van der Waals surface area contributed by atoms with Gasteiger partial charge in [-0.3, -0.25) is 13.9 Å². The number of carbonyl (C=O) groups excluding carboxylic acids is 2. The number of amides is 2. The molecule has 3 rings (SSSR count). The summed E-state index contributed by atoms with van der Waals surface area (Å²) in [5.74, 6) is -0.356. The van der Waals surface area contributed by atoms with E-state index in [4.69, 9.17) is 27.9 Å². The van der Waals surface area contributed by atoms with Crippen LogP contribution in [-0.4, -0.2) is 51.4 Å². The molecule has 220 valence electrons. The number of carbonyl (C=O) groups is 2. The van der Waals surface area contributed by atoms with Gasteiger partial charge in [0.1, 0.15) is 18.3 Å². The smallest absolute Gasteiger partial charge is 0.264 e. The first kappa shape index (κ1) is 32.2. The Kier molecular flexibility index (Phi) is 11.5. The van der Waals surface area contributed by atoms with Crippen LogP contribution in [0.3, 0.4) is 0 Å². The Morgan fingerprint density at radius 1 is 1.02 bits per heavy atom. The molecule has 0 aliphatic carbocycles. The van der Waals surface area contributed by atoms with Gasteiger partial charge in [0.25, 0.3) is 10.0 Å². The van der Waals surface area contributed by atoms with Gasteiger partial charge in [0, 0.05) is 13.1 Å². The highest BCUT2D eigenvalue weighted by Crippen LogP contribution is 2.35. The lowest BCUT2D eigenvalue weighted by atomic mass is 10.1. The SMILES string of the molecule is CCCCNC(=O)C(C)N(Cc1cccc(OC)c1)C(=O)CN(c1cccc(Cl)c1Cl)S(=O)(=O)c1ccc(C)cc1. The number of unbranched alkanes of at least 4 members (excludes halogenated alkanes) is 1. The van der Waals surface area contributed by atoms with Gasteiger partial charge in [-0.05, 0) is 62.2 Å². The van der Waals surface area contributed by atoms with Gasteiger partial charge in [-0.2, -0.15) is 0 Å². The number of aryl methyl sites for hydroxylation is 1. The Morgan fingerprint density at radius 2 is 1.71 bits per heavy atom. The van der Waals surface area contributed by atoms with E-state index >= 15 is 0 Å². The Labute approximate surface area is 252 Å². The lowest BCUT2D eigenvalue weighted by molar-refractivity contribution is -0.139. The zero-order valence-electron chi connectivity index (χ0n) is 23.6. The predicted molar refractivity (Wildman–Crippen MR) is 163 cm³/mol. The van der Waals surface area contributed by atoms with Crippen LogP contribution in [0.5, 0.6) is 5.75 Å². The molecule has 0 saturated carbocycles. The second-order valence-corrected chi connectivity index (χ2v) is 12.2. The van der Waals surface area contributed by atoms with Crippen molar-refractivity contribution in [2.75, 3.05) is 24.5 Å². The first-order valence-electron chi connectivity index (χ1n) is 13.2. The summed E-state index contributed by atoms with van der Waals surface area (Å²) in [5, 5.41) is 2.99. The van der Waals surface area contributed by atoms with Crippen molar-refractivity contribution < 1.29 is 22.7 Å². The zero-order chi connectivity index (χ0) is 30.2. The van der Waals surface area contributed by atoms with Crippen molar-refractivity contribution in [3.8, 4) is 5.75 Å². The van der Waals surface area contributed by atoms with Crippen LogP contribution < -0.4 is 14.4 Å². The molecule has 0 heterocycles. The standard InChI is InChI=1S/C30H35Cl2N3O5S/c1-5-6-17-33-30(37)22(3)34(19-23-9-7-10-24(18-23)40-4)28(36)20-35(27-12-8-11-26(31)29(27)32)41(38,39)25-15-13-21(2)14-16-25/h7-16,18,22H,5-6,17,19-20H2,1-4H3,(H,33,37). The fourth-order valence-electron chi connectivity index (χ4n) is 4.12.